The maximum Gasteiger partial charge on any atom is 0.223 e. The Kier molecular flexibility index (Phi) is 5.84. The number of aryl methyl sites for hydroxylation is 1. The summed E-state index contributed by atoms with van der Waals surface area (Å²) in [6.45, 7) is 4.31. The molecule has 2 aromatic carbocycles. The summed E-state index contributed by atoms with van der Waals surface area (Å²) < 4.78 is 0. The third-order valence-corrected chi connectivity index (χ3v) is 5.62. The summed E-state index contributed by atoms with van der Waals surface area (Å²) in [6, 6.07) is 22.3. The number of nitrogens with one attached hydrogen (secondary N) is 1. The van der Waals surface area contributed by atoms with Gasteiger partial charge < -0.3 is 10.2 Å². The quantitative estimate of drug-likeness (QED) is 0.720. The number of hydrogen-bond donors (Lipinski definition) is 1. The number of amides is 1. The van der Waals surface area contributed by atoms with E-state index in [-0.39, 0.29) is 11.8 Å². The molecule has 5 heteroatoms. The third-order valence-electron chi connectivity index (χ3n) is 5.62. The number of hydrogen-bond acceptors (Lipinski definition) is 4. The van der Waals surface area contributed by atoms with Crippen molar-refractivity contribution in [3.05, 3.63) is 77.9 Å². The highest BCUT2D eigenvalue weighted by atomic mass is 16.1. The molecule has 1 aliphatic rings. The normalized spacial score (nSPS) is 14.6. The molecule has 1 aliphatic heterocycles. The largest absolute Gasteiger partial charge is 0.355 e. The van der Waals surface area contributed by atoms with Crippen LogP contribution in [0.5, 0.6) is 0 Å². The number of nitrogens with zero attached hydrogens (tertiary/aromatic N) is 3. The van der Waals surface area contributed by atoms with Crippen LogP contribution in [0.25, 0.3) is 11.3 Å². The number of carbonyl (C=O) groups excluding carboxylic acids is 1. The van der Waals surface area contributed by atoms with E-state index >= 15 is 0 Å². The van der Waals surface area contributed by atoms with Gasteiger partial charge in [0.05, 0.1) is 5.69 Å². The summed E-state index contributed by atoms with van der Waals surface area (Å²) in [5, 5.41) is 11.9. The Morgan fingerprint density at radius 1 is 0.966 bits per heavy atom. The maximum atomic E-state index is 12.6. The number of benzene rings is 2. The molecule has 1 N–H and O–H groups in total. The van der Waals surface area contributed by atoms with E-state index in [1.165, 1.54) is 11.1 Å². The predicted molar refractivity (Wildman–Crippen MR) is 115 cm³/mol. The lowest BCUT2D eigenvalue weighted by molar-refractivity contribution is -0.125. The number of piperidine rings is 1. The fraction of sp³-hybridized carbons (Fsp3) is 0.292. The fourth-order valence-corrected chi connectivity index (χ4v) is 3.76. The SMILES string of the molecule is Cc1ccccc1CNC(=O)C1CCN(c2ccc(-c3ccccc3)nn2)CC1. The van der Waals surface area contributed by atoms with Gasteiger partial charge in [-0.2, -0.15) is 0 Å². The second-order valence-electron chi connectivity index (χ2n) is 7.55. The van der Waals surface area contributed by atoms with E-state index in [1.807, 2.05) is 54.6 Å². The van der Waals surface area contributed by atoms with Crippen molar-refractivity contribution in [3.8, 4) is 11.3 Å². The van der Waals surface area contributed by atoms with Gasteiger partial charge in [0.25, 0.3) is 0 Å². The minimum absolute atomic E-state index is 0.0619. The van der Waals surface area contributed by atoms with Crippen molar-refractivity contribution in [3.63, 3.8) is 0 Å². The Hall–Kier alpha value is -3.21. The van der Waals surface area contributed by atoms with Crippen molar-refractivity contribution in [2.24, 2.45) is 5.92 Å². The molecule has 0 radical (unpaired) electrons. The van der Waals surface area contributed by atoms with Crippen LogP contribution in [0, 0.1) is 12.8 Å². The van der Waals surface area contributed by atoms with Crippen molar-refractivity contribution in [2.75, 3.05) is 18.0 Å². The Morgan fingerprint density at radius 2 is 1.69 bits per heavy atom. The first-order chi connectivity index (χ1) is 14.2. The molecule has 0 saturated carbocycles. The first-order valence-corrected chi connectivity index (χ1v) is 10.2. The molecule has 0 aliphatic carbocycles. The van der Waals surface area contributed by atoms with Crippen molar-refractivity contribution >= 4 is 11.7 Å². The van der Waals surface area contributed by atoms with Gasteiger partial charge in [-0.05, 0) is 43.0 Å². The standard InChI is InChI=1S/C24H26N4O/c1-18-7-5-6-10-21(18)17-25-24(29)20-13-15-28(16-14-20)23-12-11-22(26-27-23)19-8-3-2-4-9-19/h2-12,20H,13-17H2,1H3,(H,25,29). The fourth-order valence-electron chi connectivity index (χ4n) is 3.76. The summed E-state index contributed by atoms with van der Waals surface area (Å²) in [7, 11) is 0. The molecule has 1 aromatic heterocycles. The van der Waals surface area contributed by atoms with E-state index in [2.05, 4.69) is 39.5 Å². The molecule has 1 amide bonds. The average Bonchev–Trinajstić information content (AvgIpc) is 2.79. The summed E-state index contributed by atoms with van der Waals surface area (Å²) in [4.78, 5) is 14.8. The molecule has 0 bridgehead atoms. The van der Waals surface area contributed by atoms with Gasteiger partial charge in [0.2, 0.25) is 5.91 Å². The van der Waals surface area contributed by atoms with E-state index in [0.717, 1.165) is 43.0 Å². The molecule has 0 unspecified atom stereocenters. The zero-order chi connectivity index (χ0) is 20.1. The van der Waals surface area contributed by atoms with Crippen molar-refractivity contribution < 1.29 is 4.79 Å². The van der Waals surface area contributed by atoms with E-state index in [1.54, 1.807) is 0 Å². The summed E-state index contributed by atoms with van der Waals surface area (Å²) in [5.41, 5.74) is 4.32. The highest BCUT2D eigenvalue weighted by molar-refractivity contribution is 5.79. The predicted octanol–water partition coefficient (Wildman–Crippen LogP) is 3.98. The highest BCUT2D eigenvalue weighted by Crippen LogP contribution is 2.23. The average molecular weight is 386 g/mol. The summed E-state index contributed by atoms with van der Waals surface area (Å²) in [5.74, 6) is 1.09. The van der Waals surface area contributed by atoms with Crippen LogP contribution in [0.15, 0.2) is 66.7 Å². The second kappa shape index (κ2) is 8.86. The molecule has 5 nitrogen and oxygen atoms in total. The van der Waals surface area contributed by atoms with Crippen LogP contribution in [-0.2, 0) is 11.3 Å². The van der Waals surface area contributed by atoms with Crippen LogP contribution in [-0.4, -0.2) is 29.2 Å². The zero-order valence-corrected chi connectivity index (χ0v) is 16.7. The number of rotatable bonds is 5. The topological polar surface area (TPSA) is 58.1 Å². The van der Waals surface area contributed by atoms with Crippen LogP contribution in [0.2, 0.25) is 0 Å². The van der Waals surface area contributed by atoms with Gasteiger partial charge in [0.15, 0.2) is 5.82 Å². The summed E-state index contributed by atoms with van der Waals surface area (Å²) in [6.07, 6.45) is 1.67. The molecule has 148 valence electrons. The molecule has 0 atom stereocenters. The van der Waals surface area contributed by atoms with Crippen LogP contribution in [0.1, 0.15) is 24.0 Å². The van der Waals surface area contributed by atoms with Crippen LogP contribution < -0.4 is 10.2 Å². The summed E-state index contributed by atoms with van der Waals surface area (Å²) >= 11 is 0. The molecule has 1 fully saturated rings. The Bertz CT molecular complexity index is 948. The Morgan fingerprint density at radius 3 is 2.38 bits per heavy atom. The van der Waals surface area contributed by atoms with Crippen LogP contribution >= 0.6 is 0 Å². The second-order valence-corrected chi connectivity index (χ2v) is 7.55. The van der Waals surface area contributed by atoms with Gasteiger partial charge in [-0.1, -0.05) is 54.6 Å². The first kappa shape index (κ1) is 19.1. The van der Waals surface area contributed by atoms with Gasteiger partial charge in [0.1, 0.15) is 0 Å². The van der Waals surface area contributed by atoms with Gasteiger partial charge in [-0.3, -0.25) is 4.79 Å². The molecule has 2 heterocycles. The van der Waals surface area contributed by atoms with Crippen LogP contribution in [0.3, 0.4) is 0 Å². The zero-order valence-electron chi connectivity index (χ0n) is 16.7. The lowest BCUT2D eigenvalue weighted by Gasteiger charge is -2.31. The highest BCUT2D eigenvalue weighted by Gasteiger charge is 2.25. The molecule has 1 saturated heterocycles. The molecule has 4 rings (SSSR count). The first-order valence-electron chi connectivity index (χ1n) is 10.2. The van der Waals surface area contributed by atoms with Crippen molar-refractivity contribution in [1.82, 2.24) is 15.5 Å². The minimum Gasteiger partial charge on any atom is -0.355 e. The van der Waals surface area contributed by atoms with E-state index in [9.17, 15) is 4.79 Å². The van der Waals surface area contributed by atoms with Gasteiger partial charge in [-0.15, -0.1) is 10.2 Å². The van der Waals surface area contributed by atoms with Gasteiger partial charge in [-0.25, -0.2) is 0 Å². The molecular formula is C24H26N4O. The number of anilines is 1. The third kappa shape index (κ3) is 4.62. The Balaban J connectivity index is 1.30. The van der Waals surface area contributed by atoms with E-state index in [0.29, 0.717) is 6.54 Å². The van der Waals surface area contributed by atoms with Crippen molar-refractivity contribution in [1.29, 1.82) is 0 Å². The molecule has 3 aromatic rings. The minimum atomic E-state index is 0.0619. The molecule has 29 heavy (non-hydrogen) atoms. The smallest absolute Gasteiger partial charge is 0.223 e. The van der Waals surface area contributed by atoms with E-state index in [4.69, 9.17) is 0 Å². The van der Waals surface area contributed by atoms with Crippen LogP contribution in [0.4, 0.5) is 5.82 Å². The number of carbonyl (C=O) groups is 1. The number of aromatic nitrogens is 2. The lowest BCUT2D eigenvalue weighted by Crippen LogP contribution is -2.40. The Labute approximate surface area is 171 Å². The monoisotopic (exact) mass is 386 g/mol. The molecule has 0 spiro atoms. The van der Waals surface area contributed by atoms with Gasteiger partial charge >= 0.3 is 0 Å². The lowest BCUT2D eigenvalue weighted by atomic mass is 9.95. The van der Waals surface area contributed by atoms with E-state index < -0.39 is 0 Å². The van der Waals surface area contributed by atoms with Gasteiger partial charge in [0, 0.05) is 31.1 Å². The maximum absolute atomic E-state index is 12.6. The molecular weight excluding hydrogens is 360 g/mol. The van der Waals surface area contributed by atoms with Crippen molar-refractivity contribution in [2.45, 2.75) is 26.3 Å².